The minimum Gasteiger partial charge on any atom is -0.491 e. The summed E-state index contributed by atoms with van der Waals surface area (Å²) in [6, 6.07) is 18.0. The van der Waals surface area contributed by atoms with Crippen molar-refractivity contribution >= 4 is 5.97 Å². The molecule has 1 aliphatic rings. The zero-order valence-electron chi connectivity index (χ0n) is 26.8. The molecule has 44 heavy (non-hydrogen) atoms. The highest BCUT2D eigenvalue weighted by atomic mass is 19.1. The average Bonchev–Trinajstić information content (AvgIpc) is 3.04. The van der Waals surface area contributed by atoms with Crippen molar-refractivity contribution in [2.45, 2.75) is 90.9 Å². The van der Waals surface area contributed by atoms with Crippen LogP contribution < -0.4 is 4.74 Å². The van der Waals surface area contributed by atoms with Crippen LogP contribution in [-0.4, -0.2) is 30.9 Å². The summed E-state index contributed by atoms with van der Waals surface area (Å²) in [6.07, 6.45) is 11.4. The van der Waals surface area contributed by atoms with Gasteiger partial charge < -0.3 is 14.6 Å². The van der Waals surface area contributed by atoms with Crippen LogP contribution in [0.3, 0.4) is 0 Å². The van der Waals surface area contributed by atoms with E-state index in [1.54, 1.807) is 13.0 Å². The van der Waals surface area contributed by atoms with E-state index in [4.69, 9.17) is 9.47 Å². The summed E-state index contributed by atoms with van der Waals surface area (Å²) in [4.78, 5) is 11.9. The fraction of sp³-hybridized carbons (Fsp3) is 0.462. The Morgan fingerprint density at radius 2 is 1.61 bits per heavy atom. The van der Waals surface area contributed by atoms with Gasteiger partial charge in [0, 0.05) is 17.6 Å². The van der Waals surface area contributed by atoms with Gasteiger partial charge in [-0.05, 0) is 102 Å². The Kier molecular flexibility index (Phi) is 12.6. The van der Waals surface area contributed by atoms with Crippen LogP contribution in [0, 0.1) is 11.7 Å². The van der Waals surface area contributed by atoms with Gasteiger partial charge >= 0.3 is 5.97 Å². The van der Waals surface area contributed by atoms with Crippen molar-refractivity contribution in [1.82, 2.24) is 0 Å². The van der Waals surface area contributed by atoms with Crippen molar-refractivity contribution in [2.24, 2.45) is 5.92 Å². The summed E-state index contributed by atoms with van der Waals surface area (Å²) < 4.78 is 26.7. The molecule has 0 aliphatic heterocycles. The zero-order chi connectivity index (χ0) is 31.5. The lowest BCUT2D eigenvalue weighted by atomic mass is 9.77. The lowest BCUT2D eigenvalue weighted by molar-refractivity contribution is -0.138. The number of aliphatic hydroxyl groups excluding tert-OH is 1. The molecule has 3 aromatic rings. The lowest BCUT2D eigenvalue weighted by Crippen LogP contribution is -2.13. The van der Waals surface area contributed by atoms with E-state index in [1.807, 2.05) is 30.3 Å². The van der Waals surface area contributed by atoms with Gasteiger partial charge in [-0.15, -0.1) is 0 Å². The Labute approximate surface area is 263 Å². The Balaban J connectivity index is 1.51. The molecule has 4 rings (SSSR count). The first kappa shape index (κ1) is 33.5. The Hall–Kier alpha value is -3.44. The lowest BCUT2D eigenvalue weighted by Gasteiger charge is -2.29. The van der Waals surface area contributed by atoms with Crippen LogP contribution in [0.25, 0.3) is 22.3 Å². The second kappa shape index (κ2) is 16.6. The van der Waals surface area contributed by atoms with Crippen LogP contribution in [0.2, 0.25) is 0 Å². The van der Waals surface area contributed by atoms with Gasteiger partial charge in [0.15, 0.2) is 0 Å². The van der Waals surface area contributed by atoms with Crippen molar-refractivity contribution in [3.63, 3.8) is 0 Å². The predicted molar refractivity (Wildman–Crippen MR) is 178 cm³/mol. The molecule has 3 aromatic carbocycles. The Morgan fingerprint density at radius 3 is 2.30 bits per heavy atom. The van der Waals surface area contributed by atoms with Crippen LogP contribution >= 0.6 is 0 Å². The molecule has 0 radical (unpaired) electrons. The fourth-order valence-corrected chi connectivity index (χ4v) is 6.44. The molecule has 0 bridgehead atoms. The van der Waals surface area contributed by atoms with Gasteiger partial charge in [0.05, 0.1) is 13.2 Å². The smallest absolute Gasteiger partial charge is 0.333 e. The average molecular weight is 601 g/mol. The van der Waals surface area contributed by atoms with Gasteiger partial charge in [-0.3, -0.25) is 0 Å². The number of hydrogen-bond donors (Lipinski definition) is 1. The zero-order valence-corrected chi connectivity index (χ0v) is 26.8. The first-order valence-electron chi connectivity index (χ1n) is 16.5. The number of unbranched alkanes of at least 4 members (excludes halogenated alkanes) is 2. The summed E-state index contributed by atoms with van der Waals surface area (Å²) in [5.74, 6) is 1.37. The minimum absolute atomic E-state index is 0.0922. The number of benzene rings is 3. The van der Waals surface area contributed by atoms with Crippen molar-refractivity contribution in [3.05, 3.63) is 89.3 Å². The molecule has 236 valence electrons. The molecule has 1 N–H and O–H groups in total. The summed E-state index contributed by atoms with van der Waals surface area (Å²) in [5, 5.41) is 9.26. The highest BCUT2D eigenvalue weighted by Crippen LogP contribution is 2.39. The largest absolute Gasteiger partial charge is 0.491 e. The summed E-state index contributed by atoms with van der Waals surface area (Å²) in [7, 11) is 0. The van der Waals surface area contributed by atoms with Crippen molar-refractivity contribution in [3.8, 4) is 28.0 Å². The molecule has 1 fully saturated rings. The monoisotopic (exact) mass is 600 g/mol. The van der Waals surface area contributed by atoms with Crippen LogP contribution in [0.4, 0.5) is 4.39 Å². The van der Waals surface area contributed by atoms with E-state index in [9.17, 15) is 9.90 Å². The van der Waals surface area contributed by atoms with Gasteiger partial charge in [0.1, 0.15) is 18.2 Å². The van der Waals surface area contributed by atoms with Gasteiger partial charge in [0.25, 0.3) is 0 Å². The minimum atomic E-state index is -0.423. The highest BCUT2D eigenvalue weighted by Gasteiger charge is 2.23. The van der Waals surface area contributed by atoms with Crippen LogP contribution in [0.15, 0.2) is 66.7 Å². The Bertz CT molecular complexity index is 1400. The summed E-state index contributed by atoms with van der Waals surface area (Å²) in [5.41, 5.74) is 7.08. The van der Waals surface area contributed by atoms with Crippen LogP contribution in [-0.2, 0) is 22.4 Å². The van der Waals surface area contributed by atoms with E-state index in [0.29, 0.717) is 29.2 Å². The van der Waals surface area contributed by atoms with Gasteiger partial charge in [-0.2, -0.15) is 0 Å². The van der Waals surface area contributed by atoms with E-state index in [-0.39, 0.29) is 25.6 Å². The Morgan fingerprint density at radius 1 is 0.909 bits per heavy atom. The topological polar surface area (TPSA) is 55.8 Å². The van der Waals surface area contributed by atoms with Crippen LogP contribution in [0.1, 0.15) is 94.7 Å². The molecule has 0 unspecified atom stereocenters. The molecular weight excluding hydrogens is 551 g/mol. The maximum absolute atomic E-state index is 15.6. The molecule has 1 saturated carbocycles. The number of aliphatic hydroxyl groups is 1. The van der Waals surface area contributed by atoms with E-state index in [2.05, 4.69) is 38.6 Å². The van der Waals surface area contributed by atoms with E-state index >= 15 is 4.39 Å². The second-order valence-electron chi connectivity index (χ2n) is 12.2. The molecule has 0 atom stereocenters. The molecule has 1 aliphatic carbocycles. The second-order valence-corrected chi connectivity index (χ2v) is 12.2. The third-order valence-corrected chi connectivity index (χ3v) is 9.00. The number of esters is 1. The number of rotatable bonds is 15. The van der Waals surface area contributed by atoms with E-state index in [1.165, 1.54) is 38.5 Å². The predicted octanol–water partition coefficient (Wildman–Crippen LogP) is 9.61. The maximum atomic E-state index is 15.6. The van der Waals surface area contributed by atoms with Gasteiger partial charge in [-0.25, -0.2) is 9.18 Å². The third-order valence-electron chi connectivity index (χ3n) is 9.00. The number of halogens is 1. The molecule has 0 saturated heterocycles. The molecule has 0 heterocycles. The summed E-state index contributed by atoms with van der Waals surface area (Å²) in [6.45, 7) is 9.90. The van der Waals surface area contributed by atoms with Gasteiger partial charge in [-0.1, -0.05) is 82.5 Å². The van der Waals surface area contributed by atoms with E-state index < -0.39 is 5.97 Å². The number of carbonyl (C=O) groups excluding carboxylic acids is 1. The first-order valence-corrected chi connectivity index (χ1v) is 16.5. The number of aryl methyl sites for hydroxylation is 1. The first-order chi connectivity index (χ1) is 21.3. The number of hydrogen-bond acceptors (Lipinski definition) is 4. The standard InChI is InChI=1S/C39H49FO4/c1-5-7-8-9-28-10-12-30(13-11-28)31-14-18-36(37(40)26-31)33-15-17-35(29(6-2)24-33)32-16-19-38(43-23-21-41)34(25-32)20-22-44-39(42)27(3)4/h14-19,24-26,28,30,41H,3,5-13,20-23H2,1-2,4H3. The van der Waals surface area contributed by atoms with Crippen molar-refractivity contribution in [2.75, 3.05) is 19.8 Å². The van der Waals surface area contributed by atoms with Gasteiger partial charge in [0.2, 0.25) is 0 Å². The third kappa shape index (κ3) is 8.81. The SMILES string of the molecule is C=C(C)C(=O)OCCc1cc(-c2ccc(-c3ccc(C4CCC(CCCCC)CC4)cc3F)cc2CC)ccc1OCCO. The maximum Gasteiger partial charge on any atom is 0.333 e. The highest BCUT2D eigenvalue weighted by molar-refractivity contribution is 5.86. The number of ether oxygens (including phenoxy) is 2. The molecular formula is C39H49FO4. The molecule has 0 spiro atoms. The van der Waals surface area contributed by atoms with Crippen molar-refractivity contribution in [1.29, 1.82) is 0 Å². The van der Waals surface area contributed by atoms with Crippen molar-refractivity contribution < 1.29 is 23.8 Å². The molecule has 0 amide bonds. The normalized spacial score (nSPS) is 16.5. The molecule has 5 heteroatoms. The number of carbonyl (C=O) groups is 1. The molecule has 4 nitrogen and oxygen atoms in total. The van der Waals surface area contributed by atoms with E-state index in [0.717, 1.165) is 58.6 Å². The molecule has 0 aromatic heterocycles. The fourth-order valence-electron chi connectivity index (χ4n) is 6.44. The quantitative estimate of drug-likeness (QED) is 0.107. The van der Waals surface area contributed by atoms with Crippen LogP contribution in [0.5, 0.6) is 5.75 Å². The summed E-state index contributed by atoms with van der Waals surface area (Å²) >= 11 is 0.